The SMILES string of the molecule is CC1=C(C(=O)Nc2ccccc2Cl)C(c2ccncc2)NC(=O)N1. The summed E-state index contributed by atoms with van der Waals surface area (Å²) in [6, 6.07) is 9.56. The van der Waals surface area contributed by atoms with Crippen molar-refractivity contribution in [2.75, 3.05) is 5.32 Å². The number of halogens is 1. The lowest BCUT2D eigenvalue weighted by atomic mass is 9.95. The van der Waals surface area contributed by atoms with E-state index in [1.54, 1.807) is 55.7 Å². The number of carbonyl (C=O) groups excluding carboxylic acids is 2. The molecular weight excluding hydrogens is 328 g/mol. The Morgan fingerprint density at radius 1 is 1.21 bits per heavy atom. The van der Waals surface area contributed by atoms with Gasteiger partial charge in [0.05, 0.1) is 22.3 Å². The van der Waals surface area contributed by atoms with E-state index in [9.17, 15) is 9.59 Å². The molecule has 1 aliphatic rings. The summed E-state index contributed by atoms with van der Waals surface area (Å²) in [5.41, 5.74) is 2.18. The van der Waals surface area contributed by atoms with Crippen molar-refractivity contribution in [2.24, 2.45) is 0 Å². The van der Waals surface area contributed by atoms with Crippen molar-refractivity contribution in [3.63, 3.8) is 0 Å². The van der Waals surface area contributed by atoms with E-state index in [1.165, 1.54) is 0 Å². The number of urea groups is 1. The molecule has 122 valence electrons. The first-order valence-electron chi connectivity index (χ1n) is 7.30. The molecule has 0 saturated heterocycles. The first-order chi connectivity index (χ1) is 11.6. The predicted octanol–water partition coefficient (Wildman–Crippen LogP) is 3.00. The van der Waals surface area contributed by atoms with E-state index in [1.807, 2.05) is 0 Å². The summed E-state index contributed by atoms with van der Waals surface area (Å²) >= 11 is 6.10. The maximum Gasteiger partial charge on any atom is 0.319 e. The molecule has 1 aromatic heterocycles. The first kappa shape index (κ1) is 16.0. The number of rotatable bonds is 3. The molecule has 1 aliphatic heterocycles. The molecule has 0 aliphatic carbocycles. The van der Waals surface area contributed by atoms with Gasteiger partial charge in [-0.3, -0.25) is 9.78 Å². The van der Waals surface area contributed by atoms with Crippen LogP contribution < -0.4 is 16.0 Å². The van der Waals surface area contributed by atoms with Gasteiger partial charge >= 0.3 is 6.03 Å². The highest BCUT2D eigenvalue weighted by Gasteiger charge is 2.31. The van der Waals surface area contributed by atoms with E-state index in [-0.39, 0.29) is 11.9 Å². The molecule has 1 aromatic carbocycles. The zero-order valence-electron chi connectivity index (χ0n) is 12.8. The smallest absolute Gasteiger partial charge is 0.319 e. The molecule has 0 spiro atoms. The minimum Gasteiger partial charge on any atom is -0.327 e. The van der Waals surface area contributed by atoms with Crippen LogP contribution in [0, 0.1) is 0 Å². The van der Waals surface area contributed by atoms with Crippen molar-refractivity contribution in [3.8, 4) is 0 Å². The Balaban J connectivity index is 1.95. The number of para-hydroxylation sites is 1. The van der Waals surface area contributed by atoms with Gasteiger partial charge in [-0.1, -0.05) is 23.7 Å². The number of carbonyl (C=O) groups is 2. The molecule has 6 nitrogen and oxygen atoms in total. The van der Waals surface area contributed by atoms with E-state index < -0.39 is 6.04 Å². The predicted molar refractivity (Wildman–Crippen MR) is 91.4 cm³/mol. The Hall–Kier alpha value is -2.86. The third-order valence-electron chi connectivity index (χ3n) is 3.68. The summed E-state index contributed by atoms with van der Waals surface area (Å²) in [6.45, 7) is 1.69. The van der Waals surface area contributed by atoms with Gasteiger partial charge < -0.3 is 16.0 Å². The van der Waals surface area contributed by atoms with Gasteiger partial charge in [-0.2, -0.15) is 0 Å². The molecule has 0 radical (unpaired) electrons. The summed E-state index contributed by atoms with van der Waals surface area (Å²) in [7, 11) is 0. The molecule has 1 atom stereocenters. The summed E-state index contributed by atoms with van der Waals surface area (Å²) in [5, 5.41) is 8.63. The molecule has 7 heteroatoms. The molecule has 0 bridgehead atoms. The van der Waals surface area contributed by atoms with Gasteiger partial charge in [-0.15, -0.1) is 0 Å². The molecule has 3 N–H and O–H groups in total. The van der Waals surface area contributed by atoms with Gasteiger partial charge in [0, 0.05) is 18.1 Å². The number of anilines is 1. The number of nitrogens with one attached hydrogen (secondary N) is 3. The van der Waals surface area contributed by atoms with Crippen LogP contribution in [0.5, 0.6) is 0 Å². The van der Waals surface area contributed by atoms with Crippen LogP contribution in [0.2, 0.25) is 5.02 Å². The summed E-state index contributed by atoms with van der Waals surface area (Å²) < 4.78 is 0. The van der Waals surface area contributed by atoms with Gasteiger partial charge in [0.2, 0.25) is 0 Å². The van der Waals surface area contributed by atoms with E-state index >= 15 is 0 Å². The minimum absolute atomic E-state index is 0.338. The Bertz CT molecular complexity index is 820. The highest BCUT2D eigenvalue weighted by Crippen LogP contribution is 2.28. The van der Waals surface area contributed by atoms with Crippen LogP contribution in [0.15, 0.2) is 60.1 Å². The summed E-state index contributed by atoms with van der Waals surface area (Å²) in [4.78, 5) is 28.6. The van der Waals surface area contributed by atoms with Crippen LogP contribution in [-0.4, -0.2) is 16.9 Å². The molecular formula is C17H15ClN4O2. The topological polar surface area (TPSA) is 83.1 Å². The van der Waals surface area contributed by atoms with Crippen LogP contribution >= 0.6 is 11.6 Å². The zero-order chi connectivity index (χ0) is 17.1. The second-order valence-corrected chi connectivity index (χ2v) is 5.69. The minimum atomic E-state index is -0.566. The number of amides is 3. The van der Waals surface area contributed by atoms with E-state index in [4.69, 9.17) is 11.6 Å². The molecule has 3 rings (SSSR count). The first-order valence-corrected chi connectivity index (χ1v) is 7.68. The fourth-order valence-corrected chi connectivity index (χ4v) is 2.74. The standard InChI is InChI=1S/C17H15ClN4O2/c1-10-14(16(23)21-13-5-3-2-4-12(13)18)15(22-17(24)20-10)11-6-8-19-9-7-11/h2-9,15H,1H3,(H,21,23)(H2,20,22,24). The van der Waals surface area contributed by atoms with Crippen molar-refractivity contribution >= 4 is 29.2 Å². The van der Waals surface area contributed by atoms with E-state index in [2.05, 4.69) is 20.9 Å². The van der Waals surface area contributed by atoms with E-state index in [0.29, 0.717) is 22.0 Å². The van der Waals surface area contributed by atoms with Crippen molar-refractivity contribution in [2.45, 2.75) is 13.0 Å². The average molecular weight is 343 g/mol. The summed E-state index contributed by atoms with van der Waals surface area (Å²) in [6.07, 6.45) is 3.23. The molecule has 1 unspecified atom stereocenters. The Kier molecular flexibility index (Phi) is 4.48. The molecule has 24 heavy (non-hydrogen) atoms. The normalized spacial score (nSPS) is 17.1. The number of benzene rings is 1. The largest absolute Gasteiger partial charge is 0.327 e. The fraction of sp³-hybridized carbons (Fsp3) is 0.118. The Morgan fingerprint density at radius 3 is 2.62 bits per heavy atom. The highest BCUT2D eigenvalue weighted by molar-refractivity contribution is 6.33. The van der Waals surface area contributed by atoms with Crippen LogP contribution in [0.25, 0.3) is 0 Å². The van der Waals surface area contributed by atoms with Crippen LogP contribution in [0.1, 0.15) is 18.5 Å². The van der Waals surface area contributed by atoms with Crippen LogP contribution in [-0.2, 0) is 4.79 Å². The van der Waals surface area contributed by atoms with Gasteiger partial charge in [-0.05, 0) is 36.8 Å². The number of nitrogens with zero attached hydrogens (tertiary/aromatic N) is 1. The second-order valence-electron chi connectivity index (χ2n) is 5.28. The monoisotopic (exact) mass is 342 g/mol. The van der Waals surface area contributed by atoms with Crippen LogP contribution in [0.4, 0.5) is 10.5 Å². The molecule has 0 saturated carbocycles. The number of allylic oxidation sites excluding steroid dienone is 1. The number of pyridine rings is 1. The second kappa shape index (κ2) is 6.72. The maximum atomic E-state index is 12.8. The fourth-order valence-electron chi connectivity index (χ4n) is 2.55. The molecule has 2 aromatic rings. The molecule has 2 heterocycles. The van der Waals surface area contributed by atoms with Gasteiger partial charge in [0.25, 0.3) is 5.91 Å². The van der Waals surface area contributed by atoms with Crippen molar-refractivity contribution in [3.05, 3.63) is 70.6 Å². The number of hydrogen-bond donors (Lipinski definition) is 3. The Morgan fingerprint density at radius 2 is 1.92 bits per heavy atom. The lowest BCUT2D eigenvalue weighted by molar-refractivity contribution is -0.113. The molecule has 3 amide bonds. The zero-order valence-corrected chi connectivity index (χ0v) is 13.6. The van der Waals surface area contributed by atoms with Gasteiger partial charge in [0.1, 0.15) is 0 Å². The average Bonchev–Trinajstić information content (AvgIpc) is 2.57. The van der Waals surface area contributed by atoms with Gasteiger partial charge in [-0.25, -0.2) is 4.79 Å². The lowest BCUT2D eigenvalue weighted by Gasteiger charge is -2.28. The van der Waals surface area contributed by atoms with Crippen molar-refractivity contribution in [1.29, 1.82) is 0 Å². The highest BCUT2D eigenvalue weighted by atomic mass is 35.5. The lowest BCUT2D eigenvalue weighted by Crippen LogP contribution is -2.46. The quantitative estimate of drug-likeness (QED) is 0.801. The molecule has 0 fully saturated rings. The van der Waals surface area contributed by atoms with Crippen molar-refractivity contribution in [1.82, 2.24) is 15.6 Å². The maximum absolute atomic E-state index is 12.8. The van der Waals surface area contributed by atoms with Crippen LogP contribution in [0.3, 0.4) is 0 Å². The third kappa shape index (κ3) is 3.23. The third-order valence-corrected chi connectivity index (χ3v) is 4.00. The van der Waals surface area contributed by atoms with Crippen molar-refractivity contribution < 1.29 is 9.59 Å². The Labute approximate surface area is 143 Å². The summed E-state index contributed by atoms with van der Waals surface area (Å²) in [5.74, 6) is -0.338. The van der Waals surface area contributed by atoms with Gasteiger partial charge in [0.15, 0.2) is 0 Å². The number of hydrogen-bond acceptors (Lipinski definition) is 3. The van der Waals surface area contributed by atoms with E-state index in [0.717, 1.165) is 5.56 Å². The number of aromatic nitrogens is 1.